The first-order valence-corrected chi connectivity index (χ1v) is 14.5. The minimum absolute atomic E-state index is 0.151. The summed E-state index contributed by atoms with van der Waals surface area (Å²) in [5.74, 6) is -0.0207. The molecule has 1 unspecified atom stereocenters. The zero-order valence-corrected chi connectivity index (χ0v) is 25.4. The van der Waals surface area contributed by atoms with Gasteiger partial charge in [-0.05, 0) is 68.7 Å². The van der Waals surface area contributed by atoms with Crippen LogP contribution in [0.15, 0.2) is 88.4 Å². The molecule has 0 spiro atoms. The lowest BCUT2D eigenvalue weighted by molar-refractivity contribution is -0.274. The Balaban J connectivity index is 1.30. The van der Waals surface area contributed by atoms with Crippen LogP contribution in [0.1, 0.15) is 42.1 Å². The molecule has 3 aromatic carbocycles. The number of hydrogen-bond donors (Lipinski definition) is 0. The van der Waals surface area contributed by atoms with E-state index in [4.69, 9.17) is 0 Å². The van der Waals surface area contributed by atoms with Crippen LogP contribution in [0.5, 0.6) is 5.75 Å². The molecule has 12 heteroatoms. The molecule has 226 valence electrons. The molecule has 0 fully saturated rings. The molecule has 0 saturated carbocycles. The van der Waals surface area contributed by atoms with E-state index in [-0.39, 0.29) is 11.7 Å². The number of nitrogens with zero attached hydrogens (tertiary/aromatic N) is 6. The van der Waals surface area contributed by atoms with Crippen molar-refractivity contribution in [1.29, 1.82) is 0 Å². The van der Waals surface area contributed by atoms with Crippen LogP contribution in [0.2, 0.25) is 0 Å². The van der Waals surface area contributed by atoms with E-state index in [1.807, 2.05) is 80.1 Å². The number of para-hydroxylation sites is 1. The number of aromatic nitrogens is 4. The van der Waals surface area contributed by atoms with Gasteiger partial charge in [-0.2, -0.15) is 4.99 Å². The molecule has 1 atom stereocenters. The number of amides is 2. The first-order valence-electron chi connectivity index (χ1n) is 13.7. The van der Waals surface area contributed by atoms with E-state index in [9.17, 15) is 18.0 Å². The molecule has 2 heterocycles. The maximum absolute atomic E-state index is 12.9. The number of alkyl halides is 3. The number of thiazole rings is 1. The number of rotatable bonds is 6. The number of aryl methyl sites for hydroxylation is 3. The Hall–Kier alpha value is -4.84. The maximum Gasteiger partial charge on any atom is 0.573 e. The Kier molecular flexibility index (Phi) is 8.63. The molecular weight excluding hydrogens is 589 g/mol. The average Bonchev–Trinajstić information content (AvgIpc) is 3.60. The van der Waals surface area contributed by atoms with Gasteiger partial charge in [0.1, 0.15) is 12.1 Å². The summed E-state index contributed by atoms with van der Waals surface area (Å²) in [6, 6.07) is 18.4. The molecule has 8 nitrogen and oxygen atoms in total. The molecule has 2 aromatic heterocycles. The van der Waals surface area contributed by atoms with Crippen molar-refractivity contribution in [2.45, 2.75) is 46.9 Å². The highest BCUT2D eigenvalue weighted by Crippen LogP contribution is 2.25. The predicted molar refractivity (Wildman–Crippen MR) is 164 cm³/mol. The summed E-state index contributed by atoms with van der Waals surface area (Å²) >= 11 is 1.40. The SMILES string of the molecule is CC(=NC(=O)N=c1scc(C)n1-c1c(C)cccc1C)C(C)c1ccc(-c2ncn(-c3ccc(OC(F)(F)F)cc3)n2)cc1. The van der Waals surface area contributed by atoms with E-state index in [1.54, 1.807) is 6.92 Å². The van der Waals surface area contributed by atoms with Crippen molar-refractivity contribution in [3.8, 4) is 28.5 Å². The minimum atomic E-state index is -4.76. The van der Waals surface area contributed by atoms with E-state index >= 15 is 0 Å². The summed E-state index contributed by atoms with van der Waals surface area (Å²) in [4.78, 5) is 26.4. The number of benzene rings is 3. The predicted octanol–water partition coefficient (Wildman–Crippen LogP) is 7.90. The van der Waals surface area contributed by atoms with Crippen LogP contribution in [0.4, 0.5) is 18.0 Å². The Bertz CT molecular complexity index is 1880. The highest BCUT2D eigenvalue weighted by molar-refractivity contribution is 7.07. The summed E-state index contributed by atoms with van der Waals surface area (Å²) in [7, 11) is 0. The van der Waals surface area contributed by atoms with Gasteiger partial charge in [0, 0.05) is 28.3 Å². The van der Waals surface area contributed by atoms with Crippen LogP contribution in [0.25, 0.3) is 22.8 Å². The van der Waals surface area contributed by atoms with E-state index in [0.29, 0.717) is 22.0 Å². The van der Waals surface area contributed by atoms with E-state index < -0.39 is 12.4 Å². The van der Waals surface area contributed by atoms with Gasteiger partial charge in [-0.15, -0.1) is 29.6 Å². The molecule has 0 aliphatic carbocycles. The molecule has 2 amide bonds. The lowest BCUT2D eigenvalue weighted by Crippen LogP contribution is -2.18. The van der Waals surface area contributed by atoms with Gasteiger partial charge in [0.15, 0.2) is 10.6 Å². The Morgan fingerprint density at radius 3 is 2.27 bits per heavy atom. The highest BCUT2D eigenvalue weighted by Gasteiger charge is 2.31. The van der Waals surface area contributed by atoms with Gasteiger partial charge in [0.2, 0.25) is 0 Å². The fourth-order valence-corrected chi connectivity index (χ4v) is 5.59. The Morgan fingerprint density at radius 1 is 0.977 bits per heavy atom. The fraction of sp³-hybridized carbons (Fsp3) is 0.219. The van der Waals surface area contributed by atoms with Gasteiger partial charge < -0.3 is 4.74 Å². The number of halogens is 3. The zero-order chi connectivity index (χ0) is 31.6. The van der Waals surface area contributed by atoms with Crippen LogP contribution in [0, 0.1) is 20.8 Å². The normalized spacial score (nSPS) is 13.3. The molecule has 0 bridgehead atoms. The number of carbonyl (C=O) groups is 1. The highest BCUT2D eigenvalue weighted by atomic mass is 32.1. The second-order valence-electron chi connectivity index (χ2n) is 10.3. The molecule has 5 rings (SSSR count). The third-order valence-corrected chi connectivity index (χ3v) is 8.07. The topological polar surface area (TPSA) is 86.7 Å². The van der Waals surface area contributed by atoms with Crippen LogP contribution in [-0.2, 0) is 0 Å². The van der Waals surface area contributed by atoms with Gasteiger partial charge >= 0.3 is 12.4 Å². The third-order valence-electron chi connectivity index (χ3n) is 7.13. The molecular formula is C32H29F3N6O2S. The first-order chi connectivity index (χ1) is 20.9. The van der Waals surface area contributed by atoms with Crippen molar-refractivity contribution < 1.29 is 22.7 Å². The molecule has 0 N–H and O–H groups in total. The van der Waals surface area contributed by atoms with Gasteiger partial charge in [-0.3, -0.25) is 4.57 Å². The number of ether oxygens (including phenoxy) is 1. The number of hydrogen-bond acceptors (Lipinski definition) is 5. The Labute approximate surface area is 255 Å². The third kappa shape index (κ3) is 6.86. The largest absolute Gasteiger partial charge is 0.573 e. The van der Waals surface area contributed by atoms with Crippen LogP contribution < -0.4 is 9.54 Å². The van der Waals surface area contributed by atoms with Crippen LogP contribution in [-0.4, -0.2) is 37.4 Å². The van der Waals surface area contributed by atoms with E-state index in [2.05, 4.69) is 24.8 Å². The lowest BCUT2D eigenvalue weighted by Gasteiger charge is -2.13. The van der Waals surface area contributed by atoms with Crippen LogP contribution in [0.3, 0.4) is 0 Å². The molecule has 0 aliphatic rings. The van der Waals surface area contributed by atoms with Crippen molar-refractivity contribution in [1.82, 2.24) is 19.3 Å². The Morgan fingerprint density at radius 2 is 1.64 bits per heavy atom. The number of aliphatic imine (C=N–C) groups is 1. The lowest BCUT2D eigenvalue weighted by atomic mass is 9.96. The van der Waals surface area contributed by atoms with Crippen molar-refractivity contribution in [3.05, 3.63) is 106 Å². The van der Waals surface area contributed by atoms with Gasteiger partial charge in [-0.1, -0.05) is 49.4 Å². The summed E-state index contributed by atoms with van der Waals surface area (Å²) in [5.41, 5.74) is 7.03. The molecule has 44 heavy (non-hydrogen) atoms. The maximum atomic E-state index is 12.9. The number of urea groups is 1. The monoisotopic (exact) mass is 618 g/mol. The second-order valence-corrected chi connectivity index (χ2v) is 11.1. The summed E-state index contributed by atoms with van der Waals surface area (Å²) in [6.45, 7) is 9.83. The summed E-state index contributed by atoms with van der Waals surface area (Å²) in [5, 5.41) is 6.42. The molecule has 0 saturated heterocycles. The number of carbonyl (C=O) groups excluding carboxylic acids is 1. The average molecular weight is 619 g/mol. The fourth-order valence-electron chi connectivity index (χ4n) is 4.74. The van der Waals surface area contributed by atoms with Crippen molar-refractivity contribution in [2.75, 3.05) is 0 Å². The van der Waals surface area contributed by atoms with Crippen LogP contribution >= 0.6 is 11.3 Å². The second kappa shape index (κ2) is 12.4. The van der Waals surface area contributed by atoms with E-state index in [0.717, 1.165) is 33.6 Å². The van der Waals surface area contributed by atoms with Crippen molar-refractivity contribution >= 4 is 23.1 Å². The van der Waals surface area contributed by atoms with E-state index in [1.165, 1.54) is 46.6 Å². The van der Waals surface area contributed by atoms with Gasteiger partial charge in [0.25, 0.3) is 0 Å². The zero-order valence-electron chi connectivity index (χ0n) is 24.6. The summed E-state index contributed by atoms with van der Waals surface area (Å²) in [6.07, 6.45) is -3.27. The van der Waals surface area contributed by atoms with Gasteiger partial charge in [0.05, 0.1) is 11.4 Å². The quantitative estimate of drug-likeness (QED) is 0.181. The van der Waals surface area contributed by atoms with Crippen molar-refractivity contribution in [3.63, 3.8) is 0 Å². The molecule has 0 radical (unpaired) electrons. The molecule has 0 aliphatic heterocycles. The smallest absolute Gasteiger partial charge is 0.406 e. The first kappa shape index (κ1) is 30.6. The standard InChI is InChI=1S/C32H29F3N6O2S/c1-19-7-6-8-20(2)28(19)41-21(3)17-44-31(41)38-30(42)37-23(5)22(4)24-9-11-25(12-10-24)29-36-18-40(39-29)26-13-15-27(16-14-26)43-32(33,34)35/h6-18,22H,1-5H3. The summed E-state index contributed by atoms with van der Waals surface area (Å²) < 4.78 is 44.7. The molecule has 5 aromatic rings. The van der Waals surface area contributed by atoms with Crippen molar-refractivity contribution in [2.24, 2.45) is 9.98 Å². The minimum Gasteiger partial charge on any atom is -0.406 e. The van der Waals surface area contributed by atoms with Gasteiger partial charge in [-0.25, -0.2) is 19.5 Å².